The maximum atomic E-state index is 13.0. The summed E-state index contributed by atoms with van der Waals surface area (Å²) in [6.07, 6.45) is 0. The fourth-order valence-corrected chi connectivity index (χ4v) is 2.48. The Kier molecular flexibility index (Phi) is 4.17. The molecular formula is C19H22O2. The second-order valence-corrected chi connectivity index (χ2v) is 6.33. The molecule has 0 unspecified atom stereocenters. The van der Waals surface area contributed by atoms with Crippen molar-refractivity contribution in [2.75, 3.05) is 7.11 Å². The fourth-order valence-electron chi connectivity index (χ4n) is 2.48. The third-order valence-electron chi connectivity index (χ3n) is 3.58. The van der Waals surface area contributed by atoms with Gasteiger partial charge in [-0.15, -0.1) is 0 Å². The Morgan fingerprint density at radius 2 is 1.67 bits per heavy atom. The molecule has 0 heterocycles. The van der Waals surface area contributed by atoms with Crippen molar-refractivity contribution in [3.05, 3.63) is 64.7 Å². The molecule has 0 atom stereocenters. The van der Waals surface area contributed by atoms with Crippen molar-refractivity contribution in [3.8, 4) is 5.75 Å². The van der Waals surface area contributed by atoms with Crippen LogP contribution in [0.3, 0.4) is 0 Å². The van der Waals surface area contributed by atoms with Crippen LogP contribution in [0.15, 0.2) is 42.5 Å². The van der Waals surface area contributed by atoms with Crippen molar-refractivity contribution in [1.82, 2.24) is 0 Å². The Bertz CT molecular complexity index is 664. The molecule has 0 radical (unpaired) electrons. The van der Waals surface area contributed by atoms with Gasteiger partial charge in [-0.05, 0) is 30.0 Å². The van der Waals surface area contributed by atoms with E-state index < -0.39 is 0 Å². The highest BCUT2D eigenvalue weighted by atomic mass is 16.5. The molecule has 0 saturated carbocycles. The molecule has 2 rings (SSSR count). The van der Waals surface area contributed by atoms with Gasteiger partial charge in [0.25, 0.3) is 0 Å². The number of carbonyl (C=O) groups is 1. The van der Waals surface area contributed by atoms with Crippen LogP contribution in [0.1, 0.15) is 47.8 Å². The summed E-state index contributed by atoms with van der Waals surface area (Å²) in [6.45, 7) is 8.33. The van der Waals surface area contributed by atoms with Crippen LogP contribution in [0.2, 0.25) is 0 Å². The van der Waals surface area contributed by atoms with Gasteiger partial charge >= 0.3 is 0 Å². The van der Waals surface area contributed by atoms with E-state index >= 15 is 0 Å². The average Bonchev–Trinajstić information content (AvgIpc) is 2.45. The van der Waals surface area contributed by atoms with E-state index in [9.17, 15) is 4.79 Å². The van der Waals surface area contributed by atoms with Gasteiger partial charge in [0.2, 0.25) is 0 Å². The lowest BCUT2D eigenvalue weighted by atomic mass is 9.81. The Morgan fingerprint density at radius 1 is 1.00 bits per heavy atom. The van der Waals surface area contributed by atoms with Crippen LogP contribution in [0, 0.1) is 6.92 Å². The Balaban J connectivity index is 2.59. The van der Waals surface area contributed by atoms with Gasteiger partial charge in [0.1, 0.15) is 5.75 Å². The molecule has 0 N–H and O–H groups in total. The highest BCUT2D eigenvalue weighted by molar-refractivity contribution is 6.11. The van der Waals surface area contributed by atoms with Gasteiger partial charge in [0, 0.05) is 5.56 Å². The summed E-state index contributed by atoms with van der Waals surface area (Å²) in [7, 11) is 1.59. The van der Waals surface area contributed by atoms with Crippen LogP contribution >= 0.6 is 0 Å². The summed E-state index contributed by atoms with van der Waals surface area (Å²) in [4.78, 5) is 13.0. The maximum absolute atomic E-state index is 13.0. The highest BCUT2D eigenvalue weighted by Crippen LogP contribution is 2.30. The van der Waals surface area contributed by atoms with Gasteiger partial charge in [-0.1, -0.05) is 56.7 Å². The number of ketones is 1. The topological polar surface area (TPSA) is 26.3 Å². The SMILES string of the molecule is COc1ccc(C)cc1C(=O)c1ccccc1C(C)(C)C. The first-order chi connectivity index (χ1) is 9.84. The molecule has 0 fully saturated rings. The first kappa shape index (κ1) is 15.3. The largest absolute Gasteiger partial charge is 0.496 e. The molecule has 0 aliphatic carbocycles. The smallest absolute Gasteiger partial charge is 0.197 e. The van der Waals surface area contributed by atoms with Crippen molar-refractivity contribution in [1.29, 1.82) is 0 Å². The first-order valence-electron chi connectivity index (χ1n) is 7.13. The van der Waals surface area contributed by atoms with Gasteiger partial charge in [0.15, 0.2) is 5.78 Å². The van der Waals surface area contributed by atoms with E-state index in [1.807, 2.05) is 49.4 Å². The second kappa shape index (κ2) is 5.72. The van der Waals surface area contributed by atoms with Crippen molar-refractivity contribution < 1.29 is 9.53 Å². The molecule has 0 aliphatic rings. The summed E-state index contributed by atoms with van der Waals surface area (Å²) in [5, 5.41) is 0. The normalized spacial score (nSPS) is 11.3. The van der Waals surface area contributed by atoms with Gasteiger partial charge in [-0.3, -0.25) is 4.79 Å². The zero-order valence-corrected chi connectivity index (χ0v) is 13.4. The summed E-state index contributed by atoms with van der Waals surface area (Å²) >= 11 is 0. The van der Waals surface area contributed by atoms with Crippen LogP contribution in [0.4, 0.5) is 0 Å². The average molecular weight is 282 g/mol. The fraction of sp³-hybridized carbons (Fsp3) is 0.316. The van der Waals surface area contributed by atoms with Gasteiger partial charge in [-0.25, -0.2) is 0 Å². The molecule has 0 spiro atoms. The minimum absolute atomic E-state index is 0.0149. The molecule has 21 heavy (non-hydrogen) atoms. The van der Waals surface area contributed by atoms with E-state index in [-0.39, 0.29) is 11.2 Å². The van der Waals surface area contributed by atoms with Crippen LogP contribution in [0.5, 0.6) is 5.75 Å². The van der Waals surface area contributed by atoms with E-state index in [0.717, 1.165) is 16.7 Å². The molecule has 0 aromatic heterocycles. The Morgan fingerprint density at radius 3 is 2.29 bits per heavy atom. The maximum Gasteiger partial charge on any atom is 0.197 e. The Hall–Kier alpha value is -2.09. The van der Waals surface area contributed by atoms with Crippen LogP contribution in [-0.4, -0.2) is 12.9 Å². The molecule has 110 valence electrons. The molecule has 2 nitrogen and oxygen atoms in total. The zero-order valence-electron chi connectivity index (χ0n) is 13.4. The Labute approximate surface area is 126 Å². The summed E-state index contributed by atoms with van der Waals surface area (Å²) in [5.41, 5.74) is 3.39. The summed E-state index contributed by atoms with van der Waals surface area (Å²) in [5.74, 6) is 0.635. The van der Waals surface area contributed by atoms with Gasteiger partial charge < -0.3 is 4.74 Å². The summed E-state index contributed by atoms with van der Waals surface area (Å²) < 4.78 is 5.35. The number of benzene rings is 2. The van der Waals surface area contributed by atoms with E-state index in [2.05, 4.69) is 20.8 Å². The predicted octanol–water partition coefficient (Wildman–Crippen LogP) is 4.53. The van der Waals surface area contributed by atoms with Crippen molar-refractivity contribution in [2.24, 2.45) is 0 Å². The molecule has 0 bridgehead atoms. The highest BCUT2D eigenvalue weighted by Gasteiger charge is 2.23. The quantitative estimate of drug-likeness (QED) is 0.773. The monoisotopic (exact) mass is 282 g/mol. The van der Waals surface area contributed by atoms with Crippen molar-refractivity contribution in [3.63, 3.8) is 0 Å². The van der Waals surface area contributed by atoms with E-state index in [4.69, 9.17) is 4.74 Å². The molecule has 2 aromatic carbocycles. The van der Waals surface area contributed by atoms with E-state index in [0.29, 0.717) is 11.3 Å². The zero-order chi connectivity index (χ0) is 15.6. The minimum atomic E-state index is -0.0800. The number of ether oxygens (including phenoxy) is 1. The lowest BCUT2D eigenvalue weighted by molar-refractivity contribution is 0.103. The number of hydrogen-bond donors (Lipinski definition) is 0. The lowest BCUT2D eigenvalue weighted by Gasteiger charge is -2.22. The molecule has 2 heteroatoms. The molecule has 0 aliphatic heterocycles. The molecule has 0 saturated heterocycles. The standard InChI is InChI=1S/C19H22O2/c1-13-10-11-17(21-5)15(12-13)18(20)14-8-6-7-9-16(14)19(2,3)4/h6-12H,1-5H3. The van der Waals surface area contributed by atoms with Crippen LogP contribution in [0.25, 0.3) is 0 Å². The number of carbonyl (C=O) groups excluding carboxylic acids is 1. The van der Waals surface area contributed by atoms with E-state index in [1.54, 1.807) is 7.11 Å². The predicted molar refractivity (Wildman–Crippen MR) is 86.3 cm³/mol. The number of rotatable bonds is 3. The lowest BCUT2D eigenvalue weighted by Crippen LogP contribution is -2.17. The first-order valence-corrected chi connectivity index (χ1v) is 7.13. The number of methoxy groups -OCH3 is 1. The molecule has 2 aromatic rings. The van der Waals surface area contributed by atoms with Gasteiger partial charge in [-0.2, -0.15) is 0 Å². The third-order valence-corrected chi connectivity index (χ3v) is 3.58. The third kappa shape index (κ3) is 3.15. The van der Waals surface area contributed by atoms with E-state index in [1.165, 1.54) is 0 Å². The second-order valence-electron chi connectivity index (χ2n) is 6.33. The summed E-state index contributed by atoms with van der Waals surface area (Å²) in [6, 6.07) is 13.5. The minimum Gasteiger partial charge on any atom is -0.496 e. The number of aryl methyl sites for hydroxylation is 1. The van der Waals surface area contributed by atoms with Gasteiger partial charge in [0.05, 0.1) is 12.7 Å². The van der Waals surface area contributed by atoms with Crippen molar-refractivity contribution in [2.45, 2.75) is 33.1 Å². The molecular weight excluding hydrogens is 260 g/mol. The van der Waals surface area contributed by atoms with Crippen LogP contribution < -0.4 is 4.74 Å². The van der Waals surface area contributed by atoms with Crippen molar-refractivity contribution >= 4 is 5.78 Å². The molecule has 0 amide bonds. The van der Waals surface area contributed by atoms with Crippen LogP contribution in [-0.2, 0) is 5.41 Å². The number of hydrogen-bond acceptors (Lipinski definition) is 2.